The molecule has 110 valence electrons. The number of halogens is 1. The van der Waals surface area contributed by atoms with Gasteiger partial charge in [0.15, 0.2) is 0 Å². The number of ether oxygens (including phenoxy) is 1. The van der Waals surface area contributed by atoms with Gasteiger partial charge in [-0.2, -0.15) is 0 Å². The first-order chi connectivity index (χ1) is 9.48. The van der Waals surface area contributed by atoms with E-state index >= 15 is 0 Å². The normalized spacial score (nSPS) is 28.4. The summed E-state index contributed by atoms with van der Waals surface area (Å²) < 4.78 is 20.0. The molecule has 0 bridgehead atoms. The van der Waals surface area contributed by atoms with Gasteiger partial charge in [-0.1, -0.05) is 6.07 Å². The zero-order valence-electron chi connectivity index (χ0n) is 12.8. The number of aryl methyl sites for hydroxylation is 1. The molecular formula is C18H25FO. The molecule has 0 unspecified atom stereocenters. The summed E-state index contributed by atoms with van der Waals surface area (Å²) in [6.07, 6.45) is 7.36. The average molecular weight is 276 g/mol. The second kappa shape index (κ2) is 5.14. The molecule has 1 nitrogen and oxygen atoms in total. The Labute approximate surface area is 121 Å². The van der Waals surface area contributed by atoms with Crippen molar-refractivity contribution in [2.45, 2.75) is 76.9 Å². The number of rotatable bonds is 3. The molecule has 0 saturated heterocycles. The van der Waals surface area contributed by atoms with Crippen molar-refractivity contribution < 1.29 is 9.13 Å². The number of hydrogen-bond acceptors (Lipinski definition) is 1. The van der Waals surface area contributed by atoms with Crippen molar-refractivity contribution in [3.05, 3.63) is 34.6 Å². The van der Waals surface area contributed by atoms with Crippen molar-refractivity contribution in [3.63, 3.8) is 0 Å². The van der Waals surface area contributed by atoms with Crippen molar-refractivity contribution in [1.82, 2.24) is 0 Å². The maximum absolute atomic E-state index is 13.8. The summed E-state index contributed by atoms with van der Waals surface area (Å²) in [5, 5.41) is 0. The van der Waals surface area contributed by atoms with E-state index in [1.807, 2.05) is 13.0 Å². The van der Waals surface area contributed by atoms with Gasteiger partial charge in [-0.3, -0.25) is 0 Å². The van der Waals surface area contributed by atoms with Crippen LogP contribution < -0.4 is 0 Å². The van der Waals surface area contributed by atoms with Gasteiger partial charge in [-0.05, 0) is 88.0 Å². The quantitative estimate of drug-likeness (QED) is 0.751. The van der Waals surface area contributed by atoms with E-state index in [1.165, 1.54) is 24.0 Å². The Morgan fingerprint density at radius 1 is 1.10 bits per heavy atom. The van der Waals surface area contributed by atoms with Gasteiger partial charge in [0.05, 0.1) is 11.7 Å². The molecule has 0 amide bonds. The van der Waals surface area contributed by atoms with Crippen LogP contribution in [0.2, 0.25) is 0 Å². The van der Waals surface area contributed by atoms with Crippen molar-refractivity contribution in [2.75, 3.05) is 0 Å². The predicted molar refractivity (Wildman–Crippen MR) is 79.6 cm³/mol. The molecule has 0 N–H and O–H groups in total. The smallest absolute Gasteiger partial charge is 0.126 e. The minimum absolute atomic E-state index is 0.0607. The highest BCUT2D eigenvalue weighted by atomic mass is 19.1. The van der Waals surface area contributed by atoms with Crippen LogP contribution in [0.3, 0.4) is 0 Å². The monoisotopic (exact) mass is 276 g/mol. The van der Waals surface area contributed by atoms with E-state index in [1.54, 1.807) is 6.07 Å². The molecule has 0 atom stereocenters. The summed E-state index contributed by atoms with van der Waals surface area (Å²) in [5.74, 6) is 0.451. The van der Waals surface area contributed by atoms with E-state index in [2.05, 4.69) is 13.8 Å². The van der Waals surface area contributed by atoms with Gasteiger partial charge in [-0.25, -0.2) is 4.39 Å². The first-order valence-corrected chi connectivity index (χ1v) is 7.92. The molecule has 0 spiro atoms. The molecule has 0 aromatic heterocycles. The summed E-state index contributed by atoms with van der Waals surface area (Å²) >= 11 is 0. The zero-order chi connectivity index (χ0) is 14.3. The lowest BCUT2D eigenvalue weighted by molar-refractivity contribution is -0.0389. The van der Waals surface area contributed by atoms with Gasteiger partial charge in [0.25, 0.3) is 0 Å². The third-order valence-electron chi connectivity index (χ3n) is 5.15. The van der Waals surface area contributed by atoms with Crippen LogP contribution in [0.1, 0.15) is 68.1 Å². The molecule has 2 aliphatic carbocycles. The fraction of sp³-hybridized carbons (Fsp3) is 0.667. The lowest BCUT2D eigenvalue weighted by atomic mass is 9.79. The van der Waals surface area contributed by atoms with E-state index in [9.17, 15) is 4.39 Å². The van der Waals surface area contributed by atoms with Crippen LogP contribution in [-0.2, 0) is 4.74 Å². The molecule has 1 aromatic carbocycles. The van der Waals surface area contributed by atoms with Crippen molar-refractivity contribution in [2.24, 2.45) is 0 Å². The molecular weight excluding hydrogens is 251 g/mol. The molecule has 2 heteroatoms. The minimum atomic E-state index is -0.0607. The highest BCUT2D eigenvalue weighted by Gasteiger charge is 2.41. The van der Waals surface area contributed by atoms with Gasteiger partial charge in [0.2, 0.25) is 0 Å². The van der Waals surface area contributed by atoms with Crippen molar-refractivity contribution >= 4 is 0 Å². The van der Waals surface area contributed by atoms with Crippen LogP contribution in [0.25, 0.3) is 0 Å². The van der Waals surface area contributed by atoms with E-state index in [0.717, 1.165) is 31.2 Å². The summed E-state index contributed by atoms with van der Waals surface area (Å²) in [7, 11) is 0. The Morgan fingerprint density at radius 2 is 1.75 bits per heavy atom. The fourth-order valence-corrected chi connectivity index (χ4v) is 3.63. The molecule has 0 heterocycles. The van der Waals surface area contributed by atoms with Crippen molar-refractivity contribution in [3.8, 4) is 0 Å². The molecule has 2 saturated carbocycles. The zero-order valence-corrected chi connectivity index (χ0v) is 12.8. The fourth-order valence-electron chi connectivity index (χ4n) is 3.63. The van der Waals surface area contributed by atoms with E-state index < -0.39 is 0 Å². The van der Waals surface area contributed by atoms with E-state index in [4.69, 9.17) is 4.74 Å². The van der Waals surface area contributed by atoms with Crippen LogP contribution in [0.5, 0.6) is 0 Å². The van der Waals surface area contributed by atoms with Crippen LogP contribution in [-0.4, -0.2) is 11.7 Å². The summed E-state index contributed by atoms with van der Waals surface area (Å²) in [5.41, 5.74) is 3.52. The Kier molecular flexibility index (Phi) is 3.62. The molecule has 0 radical (unpaired) electrons. The summed E-state index contributed by atoms with van der Waals surface area (Å²) in [6.45, 7) is 6.25. The Bertz CT molecular complexity index is 496. The highest BCUT2D eigenvalue weighted by molar-refractivity contribution is 5.37. The average Bonchev–Trinajstić information content (AvgIpc) is 3.14. The van der Waals surface area contributed by atoms with E-state index in [0.29, 0.717) is 12.0 Å². The van der Waals surface area contributed by atoms with Gasteiger partial charge >= 0.3 is 0 Å². The molecule has 3 rings (SSSR count). The number of benzene rings is 1. The Hall–Kier alpha value is -0.890. The third kappa shape index (κ3) is 2.76. The van der Waals surface area contributed by atoms with Crippen LogP contribution in [0.15, 0.2) is 12.1 Å². The first kappa shape index (κ1) is 14.1. The van der Waals surface area contributed by atoms with Gasteiger partial charge in [-0.15, -0.1) is 0 Å². The second-order valence-electron chi connectivity index (χ2n) is 6.94. The predicted octanol–water partition coefficient (Wildman–Crippen LogP) is 5.04. The summed E-state index contributed by atoms with van der Waals surface area (Å²) in [6, 6.07) is 3.52. The van der Waals surface area contributed by atoms with Crippen LogP contribution in [0, 0.1) is 19.7 Å². The second-order valence-corrected chi connectivity index (χ2v) is 6.94. The Balaban J connectivity index is 1.67. The standard InChI is InChI=1S/C18H25FO/c1-12-4-9-16(19)13(2)17(12)14-5-7-15(8-6-14)20-18(3)10-11-18/h4,9,14-15H,5-8,10-11H2,1-3H3. The van der Waals surface area contributed by atoms with Crippen molar-refractivity contribution in [1.29, 1.82) is 0 Å². The van der Waals surface area contributed by atoms with Gasteiger partial charge in [0.1, 0.15) is 5.82 Å². The lowest BCUT2D eigenvalue weighted by Gasteiger charge is -2.32. The number of hydrogen-bond donors (Lipinski definition) is 0. The molecule has 0 aliphatic heterocycles. The maximum atomic E-state index is 13.8. The lowest BCUT2D eigenvalue weighted by Crippen LogP contribution is -2.26. The highest BCUT2D eigenvalue weighted by Crippen LogP contribution is 2.44. The topological polar surface area (TPSA) is 9.23 Å². The maximum Gasteiger partial charge on any atom is 0.126 e. The van der Waals surface area contributed by atoms with Gasteiger partial charge < -0.3 is 4.74 Å². The minimum Gasteiger partial charge on any atom is -0.372 e. The van der Waals surface area contributed by atoms with Gasteiger partial charge in [0, 0.05) is 0 Å². The van der Waals surface area contributed by atoms with Crippen LogP contribution >= 0.6 is 0 Å². The largest absolute Gasteiger partial charge is 0.372 e. The molecule has 2 fully saturated rings. The SMILES string of the molecule is Cc1ccc(F)c(C)c1C1CCC(OC2(C)CC2)CC1. The van der Waals surface area contributed by atoms with Crippen LogP contribution in [0.4, 0.5) is 4.39 Å². The van der Waals surface area contributed by atoms with E-state index in [-0.39, 0.29) is 11.4 Å². The summed E-state index contributed by atoms with van der Waals surface area (Å²) in [4.78, 5) is 0. The Morgan fingerprint density at radius 3 is 2.35 bits per heavy atom. The molecule has 2 aliphatic rings. The third-order valence-corrected chi connectivity index (χ3v) is 5.15. The first-order valence-electron chi connectivity index (χ1n) is 7.92. The molecule has 20 heavy (non-hydrogen) atoms. The molecule has 1 aromatic rings.